The van der Waals surface area contributed by atoms with Crippen molar-refractivity contribution in [2.24, 2.45) is 5.73 Å². The second-order valence-electron chi connectivity index (χ2n) is 6.85. The number of hydrogen-bond acceptors (Lipinski definition) is 3. The molecule has 1 saturated heterocycles. The van der Waals surface area contributed by atoms with Crippen LogP contribution in [0.15, 0.2) is 24.3 Å². The largest absolute Gasteiger partial charge is 0.334 e. The van der Waals surface area contributed by atoms with Crippen molar-refractivity contribution in [2.45, 2.75) is 51.2 Å². The van der Waals surface area contributed by atoms with Gasteiger partial charge in [0.25, 0.3) is 0 Å². The van der Waals surface area contributed by atoms with Crippen LogP contribution in [0.1, 0.15) is 36.8 Å². The second-order valence-corrected chi connectivity index (χ2v) is 6.85. The van der Waals surface area contributed by atoms with E-state index in [9.17, 15) is 4.79 Å². The minimum atomic E-state index is 0. The molecule has 1 aliphatic carbocycles. The molecule has 1 heterocycles. The minimum absolute atomic E-state index is 0. The van der Waals surface area contributed by atoms with Gasteiger partial charge in [-0.2, -0.15) is 0 Å². The van der Waals surface area contributed by atoms with Crippen LogP contribution in [-0.4, -0.2) is 47.4 Å². The molecule has 0 spiro atoms. The molecule has 3 rings (SSSR count). The molecule has 5 heteroatoms. The number of piperidine rings is 1. The number of hydrogen-bond donors (Lipinski definition) is 1. The van der Waals surface area contributed by atoms with Gasteiger partial charge in [-0.15, -0.1) is 12.4 Å². The number of benzene rings is 1. The van der Waals surface area contributed by atoms with Crippen molar-refractivity contribution in [1.82, 2.24) is 9.80 Å². The summed E-state index contributed by atoms with van der Waals surface area (Å²) < 4.78 is 0. The Balaban J connectivity index is 0.00000192. The zero-order chi connectivity index (χ0) is 15.5. The highest BCUT2D eigenvalue weighted by molar-refractivity contribution is 5.85. The smallest absolute Gasteiger partial charge is 0.237 e. The highest BCUT2D eigenvalue weighted by Gasteiger charge is 2.33. The normalized spacial score (nSPS) is 19.2. The Labute approximate surface area is 145 Å². The SMILES string of the molecule is Cc1ccc(CN(C(=O)CN2CCC(N)CC2)C2CC2)cc1.Cl. The fourth-order valence-corrected chi connectivity index (χ4v) is 3.09. The molecule has 1 saturated carbocycles. The highest BCUT2D eigenvalue weighted by atomic mass is 35.5. The van der Waals surface area contributed by atoms with Crippen molar-refractivity contribution < 1.29 is 4.79 Å². The first-order valence-corrected chi connectivity index (χ1v) is 8.45. The second kappa shape index (κ2) is 8.13. The van der Waals surface area contributed by atoms with Crippen molar-refractivity contribution in [3.63, 3.8) is 0 Å². The molecular formula is C18H28ClN3O. The predicted molar refractivity (Wildman–Crippen MR) is 95.6 cm³/mol. The van der Waals surface area contributed by atoms with Gasteiger partial charge in [0.15, 0.2) is 0 Å². The lowest BCUT2D eigenvalue weighted by atomic mass is 10.1. The fraction of sp³-hybridized carbons (Fsp3) is 0.611. The monoisotopic (exact) mass is 337 g/mol. The Morgan fingerprint density at radius 1 is 1.17 bits per heavy atom. The number of aryl methyl sites for hydroxylation is 1. The summed E-state index contributed by atoms with van der Waals surface area (Å²) in [5.74, 6) is 0.276. The number of nitrogens with zero attached hydrogens (tertiary/aromatic N) is 2. The molecule has 1 aromatic carbocycles. The van der Waals surface area contributed by atoms with Gasteiger partial charge < -0.3 is 10.6 Å². The summed E-state index contributed by atoms with van der Waals surface area (Å²) in [5.41, 5.74) is 8.43. The molecular weight excluding hydrogens is 310 g/mol. The van der Waals surface area contributed by atoms with Crippen LogP contribution >= 0.6 is 12.4 Å². The lowest BCUT2D eigenvalue weighted by Crippen LogP contribution is -2.46. The molecule has 128 valence electrons. The van der Waals surface area contributed by atoms with Gasteiger partial charge in [0.2, 0.25) is 5.91 Å². The van der Waals surface area contributed by atoms with Crippen molar-refractivity contribution in [2.75, 3.05) is 19.6 Å². The molecule has 2 aliphatic rings. The summed E-state index contributed by atoms with van der Waals surface area (Å²) in [7, 11) is 0. The number of halogens is 1. The first-order valence-electron chi connectivity index (χ1n) is 8.45. The van der Waals surface area contributed by atoms with E-state index in [1.54, 1.807) is 0 Å². The average Bonchev–Trinajstić information content (AvgIpc) is 3.33. The average molecular weight is 338 g/mol. The van der Waals surface area contributed by atoms with E-state index in [-0.39, 0.29) is 18.3 Å². The molecule has 0 aromatic heterocycles. The first-order chi connectivity index (χ1) is 10.6. The number of nitrogens with two attached hydrogens (primary N) is 1. The zero-order valence-corrected chi connectivity index (χ0v) is 14.7. The third-order valence-electron chi connectivity index (χ3n) is 4.77. The Hall–Kier alpha value is -1.10. The molecule has 0 bridgehead atoms. The Bertz CT molecular complexity index is 508. The summed E-state index contributed by atoms with van der Waals surface area (Å²) in [6.45, 7) is 5.30. The van der Waals surface area contributed by atoms with E-state index in [2.05, 4.69) is 41.0 Å². The molecule has 4 nitrogen and oxygen atoms in total. The molecule has 1 amide bonds. The van der Waals surface area contributed by atoms with E-state index in [1.165, 1.54) is 11.1 Å². The van der Waals surface area contributed by atoms with Gasteiger partial charge in [-0.05, 0) is 38.2 Å². The third kappa shape index (κ3) is 5.20. The summed E-state index contributed by atoms with van der Waals surface area (Å²) in [6, 6.07) is 9.29. The summed E-state index contributed by atoms with van der Waals surface area (Å²) in [6.07, 6.45) is 4.33. The quantitative estimate of drug-likeness (QED) is 0.897. The van der Waals surface area contributed by atoms with Crippen LogP contribution in [0, 0.1) is 6.92 Å². The molecule has 1 aliphatic heterocycles. The third-order valence-corrected chi connectivity index (χ3v) is 4.77. The number of rotatable bonds is 5. The molecule has 0 atom stereocenters. The molecule has 1 aromatic rings. The number of carbonyl (C=O) groups is 1. The van der Waals surface area contributed by atoms with E-state index in [1.807, 2.05) is 0 Å². The zero-order valence-electron chi connectivity index (χ0n) is 13.9. The van der Waals surface area contributed by atoms with Gasteiger partial charge in [-0.1, -0.05) is 29.8 Å². The summed E-state index contributed by atoms with van der Waals surface area (Å²) in [5, 5.41) is 0. The molecule has 2 N–H and O–H groups in total. The highest BCUT2D eigenvalue weighted by Crippen LogP contribution is 2.28. The number of carbonyl (C=O) groups excluding carboxylic acids is 1. The van der Waals surface area contributed by atoms with Crippen LogP contribution in [0.5, 0.6) is 0 Å². The van der Waals surface area contributed by atoms with Crippen molar-refractivity contribution >= 4 is 18.3 Å². The van der Waals surface area contributed by atoms with E-state index in [0.29, 0.717) is 18.6 Å². The predicted octanol–water partition coefficient (Wildman–Crippen LogP) is 2.33. The van der Waals surface area contributed by atoms with Crippen LogP contribution in [-0.2, 0) is 11.3 Å². The van der Waals surface area contributed by atoms with E-state index >= 15 is 0 Å². The number of amides is 1. The molecule has 2 fully saturated rings. The van der Waals surface area contributed by atoms with E-state index < -0.39 is 0 Å². The van der Waals surface area contributed by atoms with Crippen LogP contribution in [0.25, 0.3) is 0 Å². The molecule has 0 radical (unpaired) electrons. The Morgan fingerprint density at radius 2 is 1.78 bits per heavy atom. The maximum Gasteiger partial charge on any atom is 0.237 e. The van der Waals surface area contributed by atoms with Crippen LogP contribution < -0.4 is 5.73 Å². The van der Waals surface area contributed by atoms with Gasteiger partial charge in [-0.3, -0.25) is 9.69 Å². The van der Waals surface area contributed by atoms with Crippen LogP contribution in [0.3, 0.4) is 0 Å². The Morgan fingerprint density at radius 3 is 2.35 bits per heavy atom. The topological polar surface area (TPSA) is 49.6 Å². The van der Waals surface area contributed by atoms with Crippen molar-refractivity contribution in [3.05, 3.63) is 35.4 Å². The van der Waals surface area contributed by atoms with Crippen LogP contribution in [0.2, 0.25) is 0 Å². The van der Waals surface area contributed by atoms with Gasteiger partial charge in [-0.25, -0.2) is 0 Å². The molecule has 23 heavy (non-hydrogen) atoms. The van der Waals surface area contributed by atoms with Gasteiger partial charge in [0, 0.05) is 31.7 Å². The summed E-state index contributed by atoms with van der Waals surface area (Å²) >= 11 is 0. The van der Waals surface area contributed by atoms with Gasteiger partial charge in [0.1, 0.15) is 0 Å². The molecule has 0 unspecified atom stereocenters. The standard InChI is InChI=1S/C18H27N3O.ClH/c1-14-2-4-15(5-3-14)12-21(17-6-7-17)18(22)13-20-10-8-16(19)9-11-20;/h2-5,16-17H,6-13,19H2,1H3;1H. The van der Waals surface area contributed by atoms with Crippen molar-refractivity contribution in [3.8, 4) is 0 Å². The van der Waals surface area contributed by atoms with Gasteiger partial charge >= 0.3 is 0 Å². The Kier molecular flexibility index (Phi) is 6.45. The maximum absolute atomic E-state index is 12.7. The lowest BCUT2D eigenvalue weighted by molar-refractivity contribution is -0.133. The maximum atomic E-state index is 12.7. The number of likely N-dealkylation sites (tertiary alicyclic amines) is 1. The summed E-state index contributed by atoms with van der Waals surface area (Å²) in [4.78, 5) is 17.0. The lowest BCUT2D eigenvalue weighted by Gasteiger charge is -2.32. The fourth-order valence-electron chi connectivity index (χ4n) is 3.09. The minimum Gasteiger partial charge on any atom is -0.334 e. The van der Waals surface area contributed by atoms with Crippen LogP contribution in [0.4, 0.5) is 0 Å². The van der Waals surface area contributed by atoms with E-state index in [0.717, 1.165) is 45.3 Å². The first kappa shape index (κ1) is 18.2. The van der Waals surface area contributed by atoms with Gasteiger partial charge in [0.05, 0.1) is 6.54 Å². The van der Waals surface area contributed by atoms with E-state index in [4.69, 9.17) is 5.73 Å². The van der Waals surface area contributed by atoms with Crippen molar-refractivity contribution in [1.29, 1.82) is 0 Å².